The number of carbonyl (C=O) groups is 1. The molecule has 0 aliphatic heterocycles. The number of nitrogens with one attached hydrogen (secondary N) is 1. The number of benzene rings is 1. The Kier molecular flexibility index (Phi) is 5.54. The maximum Gasteiger partial charge on any atom is 0.336 e. The van der Waals surface area contributed by atoms with Gasteiger partial charge in [-0.2, -0.15) is 0 Å². The second kappa shape index (κ2) is 6.43. The number of hydrogen-bond donors (Lipinski definition) is 2. The van der Waals surface area contributed by atoms with Crippen LogP contribution in [0.15, 0.2) is 27.6 Å². The summed E-state index contributed by atoms with van der Waals surface area (Å²) in [5, 5.41) is 9.04. The zero-order valence-electron chi connectivity index (χ0n) is 12.3. The molecular formula is C13H19BrN2O4S. The molecule has 0 fully saturated rings. The first kappa shape index (κ1) is 18.1. The van der Waals surface area contributed by atoms with Crippen molar-refractivity contribution in [3.8, 4) is 0 Å². The largest absolute Gasteiger partial charge is 0.478 e. The van der Waals surface area contributed by atoms with Gasteiger partial charge in [0.15, 0.2) is 0 Å². The molecule has 21 heavy (non-hydrogen) atoms. The van der Waals surface area contributed by atoms with E-state index in [4.69, 9.17) is 5.11 Å². The Labute approximate surface area is 133 Å². The maximum absolute atomic E-state index is 12.2. The third-order valence-corrected chi connectivity index (χ3v) is 5.47. The topological polar surface area (TPSA) is 86.7 Å². The van der Waals surface area contributed by atoms with Crippen molar-refractivity contribution in [2.24, 2.45) is 0 Å². The molecule has 0 saturated carbocycles. The van der Waals surface area contributed by atoms with Gasteiger partial charge in [0.05, 0.1) is 10.5 Å². The molecule has 0 atom stereocenters. The number of sulfonamides is 1. The maximum atomic E-state index is 12.2. The van der Waals surface area contributed by atoms with Gasteiger partial charge in [0.1, 0.15) is 0 Å². The Morgan fingerprint density at radius 3 is 2.43 bits per heavy atom. The second-order valence-electron chi connectivity index (χ2n) is 5.48. The monoisotopic (exact) mass is 378 g/mol. The van der Waals surface area contributed by atoms with Gasteiger partial charge in [0, 0.05) is 16.6 Å². The molecule has 1 aromatic carbocycles. The van der Waals surface area contributed by atoms with Crippen LogP contribution < -0.4 is 4.72 Å². The van der Waals surface area contributed by atoms with Crippen molar-refractivity contribution in [2.45, 2.75) is 24.3 Å². The quantitative estimate of drug-likeness (QED) is 0.787. The summed E-state index contributed by atoms with van der Waals surface area (Å²) >= 11 is 3.08. The van der Waals surface area contributed by atoms with Crippen LogP contribution in [0, 0.1) is 0 Å². The summed E-state index contributed by atoms with van der Waals surface area (Å²) < 4.78 is 27.3. The molecule has 1 rings (SSSR count). The van der Waals surface area contributed by atoms with E-state index >= 15 is 0 Å². The van der Waals surface area contributed by atoms with Crippen LogP contribution in [0.25, 0.3) is 0 Å². The molecule has 0 aliphatic rings. The van der Waals surface area contributed by atoms with Gasteiger partial charge in [0.25, 0.3) is 0 Å². The molecule has 0 bridgehead atoms. The Bertz CT molecular complexity index is 642. The second-order valence-corrected chi connectivity index (χ2v) is 8.10. The lowest BCUT2D eigenvalue weighted by Crippen LogP contribution is -2.48. The number of hydrogen-bond acceptors (Lipinski definition) is 4. The van der Waals surface area contributed by atoms with Gasteiger partial charge in [-0.1, -0.05) is 0 Å². The number of rotatable bonds is 6. The average molecular weight is 379 g/mol. The van der Waals surface area contributed by atoms with Crippen LogP contribution in [-0.4, -0.2) is 50.6 Å². The van der Waals surface area contributed by atoms with Crippen LogP contribution in [0.3, 0.4) is 0 Å². The van der Waals surface area contributed by atoms with Gasteiger partial charge in [-0.3, -0.25) is 0 Å². The molecular weight excluding hydrogens is 360 g/mol. The van der Waals surface area contributed by atoms with E-state index < -0.39 is 16.0 Å². The van der Waals surface area contributed by atoms with Crippen molar-refractivity contribution in [1.29, 1.82) is 0 Å². The minimum atomic E-state index is -3.76. The Morgan fingerprint density at radius 2 is 1.95 bits per heavy atom. The third kappa shape index (κ3) is 4.50. The van der Waals surface area contributed by atoms with Gasteiger partial charge in [-0.05, 0) is 62.1 Å². The smallest absolute Gasteiger partial charge is 0.336 e. The summed E-state index contributed by atoms with van der Waals surface area (Å²) in [6, 6.07) is 3.91. The van der Waals surface area contributed by atoms with E-state index in [1.165, 1.54) is 12.1 Å². The summed E-state index contributed by atoms with van der Waals surface area (Å²) in [6.07, 6.45) is 0. The fraction of sp³-hybridized carbons (Fsp3) is 0.462. The number of carboxylic acids is 1. The van der Waals surface area contributed by atoms with Gasteiger partial charge >= 0.3 is 5.97 Å². The summed E-state index contributed by atoms with van der Waals surface area (Å²) in [4.78, 5) is 12.9. The molecule has 0 amide bonds. The van der Waals surface area contributed by atoms with Crippen molar-refractivity contribution in [3.63, 3.8) is 0 Å². The molecule has 0 aliphatic carbocycles. The number of carboxylic acid groups (broad SMARTS) is 1. The fourth-order valence-corrected chi connectivity index (χ4v) is 2.99. The lowest BCUT2D eigenvalue weighted by molar-refractivity contribution is 0.0695. The standard InChI is InChI=1S/C13H19BrN2O4S/c1-13(2,16(3)4)8-15-21(19,20)9-5-6-11(14)10(7-9)12(17)18/h5-7,15H,8H2,1-4H3,(H,17,18). The molecule has 0 unspecified atom stereocenters. The number of nitrogens with zero attached hydrogens (tertiary/aromatic N) is 1. The number of aromatic carboxylic acids is 1. The summed E-state index contributed by atoms with van der Waals surface area (Å²) in [7, 11) is -0.0454. The van der Waals surface area contributed by atoms with E-state index in [-0.39, 0.29) is 22.5 Å². The van der Waals surface area contributed by atoms with E-state index in [9.17, 15) is 13.2 Å². The molecule has 118 valence electrons. The Balaban J connectivity index is 3.04. The van der Waals surface area contributed by atoms with Crippen LogP contribution in [-0.2, 0) is 10.0 Å². The first-order valence-electron chi connectivity index (χ1n) is 6.17. The van der Waals surface area contributed by atoms with Crippen molar-refractivity contribution >= 4 is 31.9 Å². The molecule has 0 aromatic heterocycles. The van der Waals surface area contributed by atoms with Gasteiger partial charge < -0.3 is 10.0 Å². The molecule has 0 radical (unpaired) electrons. The molecule has 6 nitrogen and oxygen atoms in total. The summed E-state index contributed by atoms with van der Waals surface area (Å²) in [5.74, 6) is -1.19. The third-order valence-electron chi connectivity index (χ3n) is 3.38. The van der Waals surface area contributed by atoms with Crippen molar-refractivity contribution in [2.75, 3.05) is 20.6 Å². The Morgan fingerprint density at radius 1 is 1.38 bits per heavy atom. The normalized spacial score (nSPS) is 12.7. The van der Waals surface area contributed by atoms with Crippen molar-refractivity contribution < 1.29 is 18.3 Å². The van der Waals surface area contributed by atoms with Crippen LogP contribution in [0.5, 0.6) is 0 Å². The van der Waals surface area contributed by atoms with Crippen molar-refractivity contribution in [3.05, 3.63) is 28.2 Å². The van der Waals surface area contributed by atoms with E-state index in [0.29, 0.717) is 4.47 Å². The molecule has 2 N–H and O–H groups in total. The number of likely N-dealkylation sites (N-methyl/N-ethyl adjacent to an activating group) is 1. The molecule has 0 heterocycles. The molecule has 8 heteroatoms. The highest BCUT2D eigenvalue weighted by molar-refractivity contribution is 9.10. The van der Waals surface area contributed by atoms with Gasteiger partial charge in [-0.25, -0.2) is 17.9 Å². The highest BCUT2D eigenvalue weighted by Crippen LogP contribution is 2.21. The van der Waals surface area contributed by atoms with Crippen LogP contribution in [0.2, 0.25) is 0 Å². The Hall–Kier alpha value is -0.960. The first-order chi connectivity index (χ1) is 9.47. The van der Waals surface area contributed by atoms with Gasteiger partial charge in [-0.15, -0.1) is 0 Å². The molecule has 1 aromatic rings. The summed E-state index contributed by atoms with van der Waals surface area (Å²) in [6.45, 7) is 4.01. The predicted octanol–water partition coefficient (Wildman–Crippen LogP) is 1.77. The predicted molar refractivity (Wildman–Crippen MR) is 84.1 cm³/mol. The zero-order valence-corrected chi connectivity index (χ0v) is 14.7. The van der Waals surface area contributed by atoms with Crippen LogP contribution in [0.1, 0.15) is 24.2 Å². The van der Waals surface area contributed by atoms with Crippen molar-refractivity contribution in [1.82, 2.24) is 9.62 Å². The first-order valence-corrected chi connectivity index (χ1v) is 8.45. The molecule has 0 saturated heterocycles. The summed E-state index contributed by atoms with van der Waals surface area (Å²) in [5.41, 5.74) is -0.456. The van der Waals surface area contributed by atoms with Crippen LogP contribution >= 0.6 is 15.9 Å². The number of halogens is 1. The minimum Gasteiger partial charge on any atom is -0.478 e. The minimum absolute atomic E-state index is 0.0716. The lowest BCUT2D eigenvalue weighted by Gasteiger charge is -2.32. The zero-order chi connectivity index (χ0) is 16.4. The highest BCUT2D eigenvalue weighted by Gasteiger charge is 2.25. The van der Waals surface area contributed by atoms with E-state index in [2.05, 4.69) is 20.7 Å². The van der Waals surface area contributed by atoms with E-state index in [1.807, 2.05) is 32.8 Å². The fourth-order valence-electron chi connectivity index (χ4n) is 1.35. The lowest BCUT2D eigenvalue weighted by atomic mass is 10.1. The van der Waals surface area contributed by atoms with E-state index in [0.717, 1.165) is 6.07 Å². The SMILES string of the molecule is CN(C)C(C)(C)CNS(=O)(=O)c1ccc(Br)c(C(=O)O)c1. The average Bonchev–Trinajstić information content (AvgIpc) is 2.36. The highest BCUT2D eigenvalue weighted by atomic mass is 79.9. The van der Waals surface area contributed by atoms with Gasteiger partial charge in [0.2, 0.25) is 10.0 Å². The molecule has 0 spiro atoms. The van der Waals surface area contributed by atoms with Crippen LogP contribution in [0.4, 0.5) is 0 Å². The van der Waals surface area contributed by atoms with E-state index in [1.54, 1.807) is 0 Å².